The van der Waals surface area contributed by atoms with Crippen molar-refractivity contribution in [2.75, 3.05) is 0 Å². The van der Waals surface area contributed by atoms with Crippen molar-refractivity contribution in [3.05, 3.63) is 77.8 Å². The van der Waals surface area contributed by atoms with Gasteiger partial charge in [0.1, 0.15) is 0 Å². The number of allylic oxidation sites excluding steroid dienone is 2. The van der Waals surface area contributed by atoms with Crippen molar-refractivity contribution in [2.45, 2.75) is 38.2 Å². The molecule has 1 aliphatic carbocycles. The van der Waals surface area contributed by atoms with Crippen LogP contribution in [0.4, 0.5) is 8.78 Å². The van der Waals surface area contributed by atoms with Gasteiger partial charge in [0.05, 0.1) is 22.8 Å². The van der Waals surface area contributed by atoms with Crippen LogP contribution in [0, 0.1) is 0 Å². The fourth-order valence-electron chi connectivity index (χ4n) is 3.57. The normalized spacial score (nSPS) is 16.9. The number of hydrogen-bond donors (Lipinski definition) is 1. The lowest BCUT2D eigenvalue weighted by Crippen LogP contribution is -2.27. The molecule has 0 aliphatic heterocycles. The van der Waals surface area contributed by atoms with Crippen molar-refractivity contribution in [3.8, 4) is 0 Å². The summed E-state index contributed by atoms with van der Waals surface area (Å²) in [5, 5.41) is 3.73. The number of nitrogens with zero attached hydrogens (tertiary/aromatic N) is 2. The van der Waals surface area contributed by atoms with E-state index in [1.165, 1.54) is 6.20 Å². The SMILES string of the molecule is C[C@H](NC(=O)c1cnc2c(C3=CCC(F)(F)CC3)cccc2c1)c1ccccn1. The first kappa shape index (κ1) is 19.2. The van der Waals surface area contributed by atoms with E-state index in [0.29, 0.717) is 12.0 Å². The van der Waals surface area contributed by atoms with Gasteiger partial charge in [-0.25, -0.2) is 8.78 Å². The molecule has 1 aromatic carbocycles. The molecule has 0 saturated carbocycles. The van der Waals surface area contributed by atoms with Gasteiger partial charge in [0.15, 0.2) is 0 Å². The smallest absolute Gasteiger partial charge is 0.253 e. The maximum absolute atomic E-state index is 13.5. The minimum Gasteiger partial charge on any atom is -0.344 e. The molecule has 2 heterocycles. The number of pyridine rings is 2. The molecule has 3 aromatic rings. The number of benzene rings is 1. The van der Waals surface area contributed by atoms with Crippen LogP contribution in [0.5, 0.6) is 0 Å². The third-order valence-corrected chi connectivity index (χ3v) is 5.21. The summed E-state index contributed by atoms with van der Waals surface area (Å²) in [6, 6.07) is 12.7. The van der Waals surface area contributed by atoms with Crippen molar-refractivity contribution in [1.82, 2.24) is 15.3 Å². The second-order valence-corrected chi connectivity index (χ2v) is 7.34. The molecular weight excluding hydrogens is 372 g/mol. The molecule has 4 nitrogen and oxygen atoms in total. The number of para-hydroxylation sites is 1. The Kier molecular flexibility index (Phi) is 5.09. The molecular formula is C23H21F2N3O. The lowest BCUT2D eigenvalue weighted by molar-refractivity contribution is -0.00602. The summed E-state index contributed by atoms with van der Waals surface area (Å²) in [5.74, 6) is -2.86. The van der Waals surface area contributed by atoms with Gasteiger partial charge in [-0.1, -0.05) is 30.3 Å². The topological polar surface area (TPSA) is 54.9 Å². The standard InChI is InChI=1S/C23H21F2N3O/c1-15(20-7-2-3-12-26-20)28-22(29)18-13-17-5-4-6-19(21(17)27-14-18)16-8-10-23(24,25)11-9-16/h2-8,12-15H,9-11H2,1H3,(H,28,29)/t15-/m0/s1. The van der Waals surface area contributed by atoms with Gasteiger partial charge >= 0.3 is 0 Å². The van der Waals surface area contributed by atoms with Crippen LogP contribution in [0.25, 0.3) is 16.5 Å². The number of nitrogens with one attached hydrogen (secondary N) is 1. The Hall–Kier alpha value is -3.15. The third-order valence-electron chi connectivity index (χ3n) is 5.21. The highest BCUT2D eigenvalue weighted by atomic mass is 19.3. The number of hydrogen-bond acceptors (Lipinski definition) is 3. The van der Waals surface area contributed by atoms with E-state index in [-0.39, 0.29) is 24.8 Å². The first-order chi connectivity index (χ1) is 13.9. The fraction of sp³-hybridized carbons (Fsp3) is 0.261. The zero-order valence-corrected chi connectivity index (χ0v) is 16.0. The Bertz CT molecular complexity index is 1080. The number of carbonyl (C=O) groups is 1. The predicted octanol–water partition coefficient (Wildman–Crippen LogP) is 5.32. The van der Waals surface area contributed by atoms with Gasteiger partial charge in [0.2, 0.25) is 0 Å². The van der Waals surface area contributed by atoms with Crippen molar-refractivity contribution in [3.63, 3.8) is 0 Å². The highest BCUT2D eigenvalue weighted by Gasteiger charge is 2.31. The third kappa shape index (κ3) is 4.16. The maximum Gasteiger partial charge on any atom is 0.253 e. The molecule has 29 heavy (non-hydrogen) atoms. The van der Waals surface area contributed by atoms with Gasteiger partial charge in [-0.3, -0.25) is 14.8 Å². The van der Waals surface area contributed by atoms with E-state index in [0.717, 1.165) is 27.7 Å². The second-order valence-electron chi connectivity index (χ2n) is 7.34. The highest BCUT2D eigenvalue weighted by Crippen LogP contribution is 2.37. The zero-order chi connectivity index (χ0) is 20.4. The molecule has 1 amide bonds. The summed E-state index contributed by atoms with van der Waals surface area (Å²) in [7, 11) is 0. The molecule has 0 radical (unpaired) electrons. The van der Waals surface area contributed by atoms with Gasteiger partial charge in [-0.2, -0.15) is 0 Å². The number of alkyl halides is 2. The Labute approximate surface area is 167 Å². The Morgan fingerprint density at radius 3 is 2.76 bits per heavy atom. The lowest BCUT2D eigenvalue weighted by Gasteiger charge is -2.22. The predicted molar refractivity (Wildman–Crippen MR) is 109 cm³/mol. The Morgan fingerprint density at radius 1 is 1.17 bits per heavy atom. The number of rotatable bonds is 4. The van der Waals surface area contributed by atoms with Crippen LogP contribution < -0.4 is 5.32 Å². The summed E-state index contributed by atoms with van der Waals surface area (Å²) in [6.07, 6.45) is 4.75. The fourth-order valence-corrected chi connectivity index (χ4v) is 3.57. The molecule has 1 atom stereocenters. The van der Waals surface area contributed by atoms with Crippen molar-refractivity contribution in [2.24, 2.45) is 0 Å². The highest BCUT2D eigenvalue weighted by molar-refractivity contribution is 5.99. The molecule has 0 bridgehead atoms. The van der Waals surface area contributed by atoms with Crippen molar-refractivity contribution < 1.29 is 13.6 Å². The van der Waals surface area contributed by atoms with Crippen LogP contribution in [0.2, 0.25) is 0 Å². The molecule has 0 saturated heterocycles. The van der Waals surface area contributed by atoms with Crippen LogP contribution in [-0.4, -0.2) is 21.8 Å². The minimum atomic E-state index is -2.63. The van der Waals surface area contributed by atoms with Crippen molar-refractivity contribution in [1.29, 1.82) is 0 Å². The van der Waals surface area contributed by atoms with Crippen LogP contribution in [0.3, 0.4) is 0 Å². The summed E-state index contributed by atoms with van der Waals surface area (Å²) in [6.45, 7) is 1.87. The molecule has 2 aromatic heterocycles. The lowest BCUT2D eigenvalue weighted by atomic mass is 9.90. The maximum atomic E-state index is 13.5. The summed E-state index contributed by atoms with van der Waals surface area (Å²) in [4.78, 5) is 21.4. The van der Waals surface area contributed by atoms with Crippen LogP contribution >= 0.6 is 0 Å². The van der Waals surface area contributed by atoms with E-state index in [4.69, 9.17) is 0 Å². The van der Waals surface area contributed by atoms with Gasteiger partial charge in [-0.15, -0.1) is 0 Å². The van der Waals surface area contributed by atoms with E-state index < -0.39 is 5.92 Å². The van der Waals surface area contributed by atoms with E-state index in [2.05, 4.69) is 15.3 Å². The van der Waals surface area contributed by atoms with Gasteiger partial charge < -0.3 is 5.32 Å². The minimum absolute atomic E-state index is 0.152. The molecule has 1 N–H and O–H groups in total. The van der Waals surface area contributed by atoms with E-state index in [1.54, 1.807) is 18.3 Å². The van der Waals surface area contributed by atoms with Gasteiger partial charge in [0.25, 0.3) is 11.8 Å². The van der Waals surface area contributed by atoms with E-state index >= 15 is 0 Å². The average molecular weight is 393 g/mol. The summed E-state index contributed by atoms with van der Waals surface area (Å²) < 4.78 is 26.9. The number of amides is 1. The number of halogens is 2. The largest absolute Gasteiger partial charge is 0.344 e. The first-order valence-corrected chi connectivity index (χ1v) is 9.61. The quantitative estimate of drug-likeness (QED) is 0.652. The second kappa shape index (κ2) is 7.70. The molecule has 0 spiro atoms. The molecule has 0 unspecified atom stereocenters. The van der Waals surface area contributed by atoms with Crippen LogP contribution in [0.1, 0.15) is 53.8 Å². The Balaban J connectivity index is 1.59. The molecule has 148 valence electrons. The molecule has 4 rings (SSSR count). The van der Waals surface area contributed by atoms with Crippen molar-refractivity contribution >= 4 is 22.4 Å². The van der Waals surface area contributed by atoms with Crippen LogP contribution in [-0.2, 0) is 0 Å². The molecule has 0 fully saturated rings. The van der Waals surface area contributed by atoms with E-state index in [9.17, 15) is 13.6 Å². The van der Waals surface area contributed by atoms with E-state index in [1.807, 2.05) is 43.3 Å². The number of carbonyl (C=O) groups excluding carboxylic acids is 1. The molecule has 6 heteroatoms. The summed E-state index contributed by atoms with van der Waals surface area (Å²) >= 11 is 0. The number of fused-ring (bicyclic) bond motifs is 1. The van der Waals surface area contributed by atoms with Gasteiger partial charge in [0, 0.05) is 36.2 Å². The van der Waals surface area contributed by atoms with Crippen LogP contribution in [0.15, 0.2) is 60.9 Å². The zero-order valence-electron chi connectivity index (χ0n) is 16.0. The average Bonchev–Trinajstić information content (AvgIpc) is 2.73. The monoisotopic (exact) mass is 393 g/mol. The van der Waals surface area contributed by atoms with Gasteiger partial charge in [-0.05, 0) is 37.1 Å². The molecule has 1 aliphatic rings. The summed E-state index contributed by atoms with van der Waals surface area (Å²) in [5.41, 5.74) is 3.68. The first-order valence-electron chi connectivity index (χ1n) is 9.61. The number of aromatic nitrogens is 2. The Morgan fingerprint density at radius 2 is 2.03 bits per heavy atom.